The van der Waals surface area contributed by atoms with Crippen molar-refractivity contribution in [3.63, 3.8) is 0 Å². The molecule has 0 saturated carbocycles. The number of amides is 1. The zero-order valence-electron chi connectivity index (χ0n) is 10.4. The van der Waals surface area contributed by atoms with Crippen LogP contribution in [-0.2, 0) is 4.79 Å². The first kappa shape index (κ1) is 11.4. The number of anilines is 1. The lowest BCUT2D eigenvalue weighted by Crippen LogP contribution is -2.35. The quantitative estimate of drug-likeness (QED) is 0.703. The van der Waals surface area contributed by atoms with Crippen molar-refractivity contribution in [2.45, 2.75) is 6.92 Å². The Morgan fingerprint density at radius 1 is 1.05 bits per heavy atom. The molecule has 5 heteroatoms. The fourth-order valence-corrected chi connectivity index (χ4v) is 2.00. The highest BCUT2D eigenvalue weighted by Crippen LogP contribution is 2.18. The van der Waals surface area contributed by atoms with E-state index in [1.54, 1.807) is 0 Å². The smallest absolute Gasteiger partial charge is 0.244 e. The first-order valence-corrected chi connectivity index (χ1v) is 5.94. The van der Waals surface area contributed by atoms with E-state index in [1.165, 1.54) is 16.7 Å². The number of fused-ring (bicyclic) bond motifs is 1. The van der Waals surface area contributed by atoms with Crippen molar-refractivity contribution in [1.29, 1.82) is 0 Å². The molecule has 0 bridgehead atoms. The second-order valence-corrected chi connectivity index (χ2v) is 4.13. The van der Waals surface area contributed by atoms with Gasteiger partial charge in [-0.25, -0.2) is 0 Å². The minimum atomic E-state index is -0.123. The average molecular weight is 252 g/mol. The Hall–Kier alpha value is -2.69. The molecule has 1 aromatic heterocycles. The monoisotopic (exact) mass is 252 g/mol. The number of benzene rings is 2. The van der Waals surface area contributed by atoms with Gasteiger partial charge in [0.1, 0.15) is 11.0 Å². The van der Waals surface area contributed by atoms with E-state index in [2.05, 4.69) is 10.3 Å². The average Bonchev–Trinajstić information content (AvgIpc) is 2.84. The molecule has 0 fully saturated rings. The van der Waals surface area contributed by atoms with E-state index in [4.69, 9.17) is 0 Å². The molecular formula is C14H12N4O. The summed E-state index contributed by atoms with van der Waals surface area (Å²) in [6, 6.07) is 16.9. The summed E-state index contributed by atoms with van der Waals surface area (Å²) in [6.45, 7) is 1.50. The molecule has 1 heterocycles. The van der Waals surface area contributed by atoms with Gasteiger partial charge in [0.15, 0.2) is 0 Å². The Morgan fingerprint density at radius 3 is 2.47 bits per heavy atom. The van der Waals surface area contributed by atoms with Crippen molar-refractivity contribution in [3.8, 4) is 0 Å². The Bertz CT molecular complexity index is 720. The van der Waals surface area contributed by atoms with Crippen LogP contribution in [0.5, 0.6) is 0 Å². The fourth-order valence-electron chi connectivity index (χ4n) is 2.00. The Morgan fingerprint density at radius 2 is 1.74 bits per heavy atom. The molecule has 0 radical (unpaired) electrons. The van der Waals surface area contributed by atoms with Crippen molar-refractivity contribution in [2.24, 2.45) is 0 Å². The lowest BCUT2D eigenvalue weighted by Gasteiger charge is -2.20. The molecule has 1 amide bonds. The highest BCUT2D eigenvalue weighted by molar-refractivity contribution is 5.92. The summed E-state index contributed by atoms with van der Waals surface area (Å²) in [5.41, 5.74) is 2.30. The van der Waals surface area contributed by atoms with Gasteiger partial charge in [-0.3, -0.25) is 4.79 Å². The van der Waals surface area contributed by atoms with E-state index in [1.807, 2.05) is 54.6 Å². The Balaban J connectivity index is 2.18. The van der Waals surface area contributed by atoms with Gasteiger partial charge in [0.25, 0.3) is 0 Å². The van der Waals surface area contributed by atoms with Gasteiger partial charge in [-0.1, -0.05) is 30.3 Å². The van der Waals surface area contributed by atoms with Gasteiger partial charge in [0, 0.05) is 6.92 Å². The third-order valence-corrected chi connectivity index (χ3v) is 2.82. The molecule has 0 N–H and O–H groups in total. The predicted octanol–water partition coefficient (Wildman–Crippen LogP) is 2.25. The first-order chi connectivity index (χ1) is 9.27. The number of rotatable bonds is 2. The van der Waals surface area contributed by atoms with Gasteiger partial charge >= 0.3 is 0 Å². The summed E-state index contributed by atoms with van der Waals surface area (Å²) in [7, 11) is 0. The maximum Gasteiger partial charge on any atom is 0.244 e. The third kappa shape index (κ3) is 1.95. The van der Waals surface area contributed by atoms with Gasteiger partial charge in [0.2, 0.25) is 5.91 Å². The zero-order chi connectivity index (χ0) is 13.2. The predicted molar refractivity (Wildman–Crippen MR) is 72.5 cm³/mol. The molecule has 0 saturated heterocycles. The summed E-state index contributed by atoms with van der Waals surface area (Å²) >= 11 is 0. The van der Waals surface area contributed by atoms with Crippen molar-refractivity contribution in [2.75, 3.05) is 5.01 Å². The maximum atomic E-state index is 11.9. The molecule has 0 aliphatic heterocycles. The molecular weight excluding hydrogens is 240 g/mol. The van der Waals surface area contributed by atoms with Gasteiger partial charge in [-0.2, -0.15) is 5.01 Å². The van der Waals surface area contributed by atoms with Crippen LogP contribution in [0.4, 0.5) is 5.69 Å². The minimum Gasteiger partial charge on any atom is -0.273 e. The molecule has 19 heavy (non-hydrogen) atoms. The molecule has 2 aromatic carbocycles. The molecule has 3 rings (SSSR count). The highest BCUT2D eigenvalue weighted by Gasteiger charge is 2.17. The van der Waals surface area contributed by atoms with Crippen LogP contribution in [0.15, 0.2) is 54.6 Å². The molecule has 0 atom stereocenters. The number of carbonyl (C=O) groups excluding carboxylic acids is 1. The van der Waals surface area contributed by atoms with Crippen LogP contribution in [-0.4, -0.2) is 21.0 Å². The lowest BCUT2D eigenvalue weighted by molar-refractivity contribution is -0.117. The number of hydrogen-bond donors (Lipinski definition) is 0. The van der Waals surface area contributed by atoms with Crippen molar-refractivity contribution < 1.29 is 4.79 Å². The standard InChI is InChI=1S/C14H12N4O/c1-11(19)17(12-7-3-2-4-8-12)18-14-10-6-5-9-13(14)15-16-18/h2-10H,1H3. The number of carbonyl (C=O) groups is 1. The summed E-state index contributed by atoms with van der Waals surface area (Å²) < 4.78 is 0. The van der Waals surface area contributed by atoms with E-state index < -0.39 is 0 Å². The second-order valence-electron chi connectivity index (χ2n) is 4.13. The Kier molecular flexibility index (Phi) is 2.72. The van der Waals surface area contributed by atoms with E-state index in [9.17, 15) is 4.79 Å². The molecule has 0 spiro atoms. The third-order valence-electron chi connectivity index (χ3n) is 2.82. The van der Waals surface area contributed by atoms with Gasteiger partial charge < -0.3 is 0 Å². The Labute approximate surface area is 110 Å². The topological polar surface area (TPSA) is 51.0 Å². The maximum absolute atomic E-state index is 11.9. The normalized spacial score (nSPS) is 10.6. The molecule has 3 aromatic rings. The van der Waals surface area contributed by atoms with Crippen LogP contribution in [0.1, 0.15) is 6.92 Å². The first-order valence-electron chi connectivity index (χ1n) is 5.94. The van der Waals surface area contributed by atoms with Gasteiger partial charge in [-0.15, -0.1) is 9.89 Å². The fraction of sp³-hybridized carbons (Fsp3) is 0.0714. The summed E-state index contributed by atoms with van der Waals surface area (Å²) in [5.74, 6) is -0.123. The molecule has 0 unspecified atom stereocenters. The number of hydrogen-bond acceptors (Lipinski definition) is 3. The van der Waals surface area contributed by atoms with Crippen molar-refractivity contribution in [1.82, 2.24) is 15.1 Å². The molecule has 0 aliphatic carbocycles. The van der Waals surface area contributed by atoms with E-state index in [0.717, 1.165) is 16.7 Å². The van der Waals surface area contributed by atoms with Gasteiger partial charge in [-0.05, 0) is 29.5 Å². The highest BCUT2D eigenvalue weighted by atomic mass is 16.2. The van der Waals surface area contributed by atoms with E-state index in [0.29, 0.717) is 0 Å². The number of nitrogens with zero attached hydrogens (tertiary/aromatic N) is 4. The van der Waals surface area contributed by atoms with E-state index in [-0.39, 0.29) is 5.91 Å². The van der Waals surface area contributed by atoms with Crippen molar-refractivity contribution >= 4 is 22.6 Å². The summed E-state index contributed by atoms with van der Waals surface area (Å²) in [5, 5.41) is 9.63. The largest absolute Gasteiger partial charge is 0.273 e. The summed E-state index contributed by atoms with van der Waals surface area (Å²) in [6.07, 6.45) is 0. The van der Waals surface area contributed by atoms with Crippen molar-refractivity contribution in [3.05, 3.63) is 54.6 Å². The zero-order valence-corrected chi connectivity index (χ0v) is 10.4. The van der Waals surface area contributed by atoms with Crippen LogP contribution in [0.3, 0.4) is 0 Å². The molecule has 94 valence electrons. The van der Waals surface area contributed by atoms with Crippen LogP contribution in [0.2, 0.25) is 0 Å². The molecule has 0 aliphatic rings. The van der Waals surface area contributed by atoms with Crippen LogP contribution in [0.25, 0.3) is 11.0 Å². The number of aromatic nitrogens is 3. The van der Waals surface area contributed by atoms with Crippen LogP contribution < -0.4 is 5.01 Å². The number of para-hydroxylation sites is 2. The second kappa shape index (κ2) is 4.53. The van der Waals surface area contributed by atoms with Crippen LogP contribution >= 0.6 is 0 Å². The SMILES string of the molecule is CC(=O)N(c1ccccc1)n1nnc2ccccc21. The minimum absolute atomic E-state index is 0.123. The van der Waals surface area contributed by atoms with E-state index >= 15 is 0 Å². The van der Waals surface area contributed by atoms with Gasteiger partial charge in [0.05, 0.1) is 5.69 Å². The lowest BCUT2D eigenvalue weighted by atomic mass is 10.3. The molecule has 5 nitrogen and oxygen atoms in total. The van der Waals surface area contributed by atoms with Crippen LogP contribution in [0, 0.1) is 0 Å². The summed E-state index contributed by atoms with van der Waals surface area (Å²) in [4.78, 5) is 13.4.